The Balaban J connectivity index is 2.53. The highest BCUT2D eigenvalue weighted by molar-refractivity contribution is 6.00. The van der Waals surface area contributed by atoms with Gasteiger partial charge >= 0.3 is 0 Å². The lowest BCUT2D eigenvalue weighted by Gasteiger charge is -2.30. The second-order valence-corrected chi connectivity index (χ2v) is 4.91. The van der Waals surface area contributed by atoms with Gasteiger partial charge in [0.05, 0.1) is 17.9 Å². The van der Waals surface area contributed by atoms with Crippen LogP contribution in [-0.2, 0) is 9.59 Å². The Hall–Kier alpha value is -2.55. The fraction of sp³-hybridized carbons (Fsp3) is 0.375. The molecule has 0 aliphatic carbocycles. The number of hydrogen-bond acceptors (Lipinski definition) is 3. The molecular weight excluding hydrogens is 287 g/mol. The molecule has 2 amide bonds. The predicted molar refractivity (Wildman–Crippen MR) is 81.4 cm³/mol. The molecule has 0 bridgehead atoms. The molecule has 0 aromatic heterocycles. The van der Waals surface area contributed by atoms with E-state index in [4.69, 9.17) is 11.2 Å². The number of ether oxygens (including phenoxy) is 1. The van der Waals surface area contributed by atoms with Gasteiger partial charge in [-0.05, 0) is 12.5 Å². The molecule has 1 aliphatic rings. The Kier molecular flexibility index (Phi) is 4.66. The summed E-state index contributed by atoms with van der Waals surface area (Å²) >= 11 is 0. The molecule has 116 valence electrons. The highest BCUT2D eigenvalue weighted by Gasteiger charge is 2.28. The maximum Gasteiger partial charge on any atom is 0.265 e. The normalized spacial score (nSPS) is 13.2. The van der Waals surface area contributed by atoms with E-state index in [-0.39, 0.29) is 36.4 Å². The summed E-state index contributed by atoms with van der Waals surface area (Å²) in [5.41, 5.74) is 0.501. The van der Waals surface area contributed by atoms with E-state index in [1.54, 1.807) is 0 Å². The molecule has 0 radical (unpaired) electrons. The average molecular weight is 304 g/mol. The van der Waals surface area contributed by atoms with Crippen LogP contribution in [0, 0.1) is 18.2 Å². The van der Waals surface area contributed by atoms with E-state index in [2.05, 4.69) is 5.92 Å². The standard InChI is InChI=1S/C16H17FN2O3/c1-4-6-18(11(3)20)13-9-14-15(8-12(13)17)22-10-16(21)19(14)7-5-2/h2,8-9H,4,6-7,10H2,1,3H3. The van der Waals surface area contributed by atoms with E-state index >= 15 is 0 Å². The summed E-state index contributed by atoms with van der Waals surface area (Å²) in [7, 11) is 0. The van der Waals surface area contributed by atoms with Gasteiger partial charge in [0.15, 0.2) is 12.4 Å². The van der Waals surface area contributed by atoms with Crippen molar-refractivity contribution in [2.45, 2.75) is 20.3 Å². The first-order valence-corrected chi connectivity index (χ1v) is 6.97. The van der Waals surface area contributed by atoms with Crippen LogP contribution >= 0.6 is 0 Å². The summed E-state index contributed by atoms with van der Waals surface area (Å²) in [4.78, 5) is 26.3. The Morgan fingerprint density at radius 1 is 1.55 bits per heavy atom. The lowest BCUT2D eigenvalue weighted by Crippen LogP contribution is -2.39. The molecule has 22 heavy (non-hydrogen) atoms. The van der Waals surface area contributed by atoms with Crippen LogP contribution in [0.5, 0.6) is 5.75 Å². The first-order valence-electron chi connectivity index (χ1n) is 6.97. The van der Waals surface area contributed by atoms with Crippen molar-refractivity contribution in [3.8, 4) is 18.1 Å². The largest absolute Gasteiger partial charge is 0.481 e. The predicted octanol–water partition coefficient (Wildman–Crippen LogP) is 1.95. The monoisotopic (exact) mass is 304 g/mol. The van der Waals surface area contributed by atoms with Crippen molar-refractivity contribution in [3.63, 3.8) is 0 Å². The number of anilines is 2. The first-order chi connectivity index (χ1) is 10.5. The minimum absolute atomic E-state index is 0.0636. The topological polar surface area (TPSA) is 49.9 Å². The number of terminal acetylenes is 1. The highest BCUT2D eigenvalue weighted by atomic mass is 19.1. The summed E-state index contributed by atoms with van der Waals surface area (Å²) in [6.07, 6.45) is 5.96. The number of hydrogen-bond donors (Lipinski definition) is 0. The van der Waals surface area contributed by atoms with Crippen molar-refractivity contribution >= 4 is 23.2 Å². The number of amides is 2. The number of rotatable bonds is 4. The minimum Gasteiger partial charge on any atom is -0.481 e. The molecule has 0 N–H and O–H groups in total. The number of halogens is 1. The molecule has 0 fully saturated rings. The van der Waals surface area contributed by atoms with Crippen molar-refractivity contribution in [1.82, 2.24) is 0 Å². The van der Waals surface area contributed by atoms with Gasteiger partial charge in [-0.15, -0.1) is 6.42 Å². The third-order valence-corrected chi connectivity index (χ3v) is 3.34. The Bertz CT molecular complexity index is 652. The van der Waals surface area contributed by atoms with Crippen LogP contribution in [0.3, 0.4) is 0 Å². The van der Waals surface area contributed by atoms with Crippen LogP contribution in [0.1, 0.15) is 20.3 Å². The molecule has 0 saturated heterocycles. The van der Waals surface area contributed by atoms with Crippen molar-refractivity contribution in [1.29, 1.82) is 0 Å². The van der Waals surface area contributed by atoms with Gasteiger partial charge in [0.1, 0.15) is 5.75 Å². The molecule has 1 aliphatic heterocycles. The number of carbonyl (C=O) groups excluding carboxylic acids is 2. The summed E-state index contributed by atoms with van der Waals surface area (Å²) < 4.78 is 19.5. The second-order valence-electron chi connectivity index (χ2n) is 4.91. The Morgan fingerprint density at radius 3 is 2.86 bits per heavy atom. The van der Waals surface area contributed by atoms with Crippen molar-refractivity contribution < 1.29 is 18.7 Å². The average Bonchev–Trinajstić information content (AvgIpc) is 2.47. The maximum atomic E-state index is 14.3. The quantitative estimate of drug-likeness (QED) is 0.799. The molecule has 1 aromatic rings. The van der Waals surface area contributed by atoms with Gasteiger partial charge in [-0.2, -0.15) is 0 Å². The van der Waals surface area contributed by atoms with Crippen LogP contribution in [0.2, 0.25) is 0 Å². The summed E-state index contributed by atoms with van der Waals surface area (Å²) in [5, 5.41) is 0. The molecular formula is C16H17FN2O3. The Labute approximate surface area is 128 Å². The fourth-order valence-electron chi connectivity index (χ4n) is 2.35. The maximum absolute atomic E-state index is 14.3. The molecule has 0 atom stereocenters. The highest BCUT2D eigenvalue weighted by Crippen LogP contribution is 2.37. The van der Waals surface area contributed by atoms with Gasteiger partial charge in [0, 0.05) is 19.5 Å². The van der Waals surface area contributed by atoms with Crippen LogP contribution in [0.4, 0.5) is 15.8 Å². The number of carbonyl (C=O) groups is 2. The van der Waals surface area contributed by atoms with Gasteiger partial charge in [0.25, 0.3) is 5.91 Å². The third kappa shape index (κ3) is 2.89. The van der Waals surface area contributed by atoms with Gasteiger partial charge < -0.3 is 9.64 Å². The molecule has 1 heterocycles. The van der Waals surface area contributed by atoms with Crippen LogP contribution in [0.15, 0.2) is 12.1 Å². The number of fused-ring (bicyclic) bond motifs is 1. The summed E-state index contributed by atoms with van der Waals surface area (Å²) in [5.74, 6) is 1.50. The zero-order valence-electron chi connectivity index (χ0n) is 12.6. The van der Waals surface area contributed by atoms with Gasteiger partial charge in [0.2, 0.25) is 5.91 Å². The molecule has 2 rings (SSSR count). The van der Waals surface area contributed by atoms with Crippen LogP contribution in [0.25, 0.3) is 0 Å². The van der Waals surface area contributed by atoms with Gasteiger partial charge in [-0.1, -0.05) is 12.8 Å². The zero-order valence-corrected chi connectivity index (χ0v) is 12.6. The van der Waals surface area contributed by atoms with Crippen molar-refractivity contribution in [3.05, 3.63) is 17.9 Å². The van der Waals surface area contributed by atoms with Crippen LogP contribution < -0.4 is 14.5 Å². The SMILES string of the molecule is C#CCN1C(=O)COc2cc(F)c(N(CCC)C(C)=O)cc21. The summed E-state index contributed by atoms with van der Waals surface area (Å²) in [6, 6.07) is 2.63. The minimum atomic E-state index is -0.572. The number of nitrogens with zero attached hydrogens (tertiary/aromatic N) is 2. The number of benzene rings is 1. The Morgan fingerprint density at radius 2 is 2.27 bits per heavy atom. The van der Waals surface area contributed by atoms with Crippen LogP contribution in [-0.4, -0.2) is 31.5 Å². The lowest BCUT2D eigenvalue weighted by atomic mass is 10.1. The van der Waals surface area contributed by atoms with E-state index in [0.29, 0.717) is 18.7 Å². The first kappa shape index (κ1) is 15.8. The van der Waals surface area contributed by atoms with E-state index in [1.807, 2.05) is 6.92 Å². The second kappa shape index (κ2) is 6.48. The van der Waals surface area contributed by atoms with Gasteiger partial charge in [-0.3, -0.25) is 14.5 Å². The van der Waals surface area contributed by atoms with Crippen molar-refractivity contribution in [2.24, 2.45) is 0 Å². The molecule has 0 saturated carbocycles. The van der Waals surface area contributed by atoms with E-state index in [0.717, 1.165) is 0 Å². The van der Waals surface area contributed by atoms with E-state index < -0.39 is 5.82 Å². The molecule has 1 aromatic carbocycles. The molecule has 6 heteroatoms. The smallest absolute Gasteiger partial charge is 0.265 e. The fourth-order valence-corrected chi connectivity index (χ4v) is 2.35. The lowest BCUT2D eigenvalue weighted by molar-refractivity contribution is -0.121. The zero-order chi connectivity index (χ0) is 16.3. The molecule has 5 nitrogen and oxygen atoms in total. The summed E-state index contributed by atoms with van der Waals surface area (Å²) in [6.45, 7) is 3.53. The van der Waals surface area contributed by atoms with E-state index in [1.165, 1.54) is 28.9 Å². The molecule has 0 unspecified atom stereocenters. The van der Waals surface area contributed by atoms with E-state index in [9.17, 15) is 14.0 Å². The third-order valence-electron chi connectivity index (χ3n) is 3.34. The van der Waals surface area contributed by atoms with Crippen molar-refractivity contribution in [2.75, 3.05) is 29.5 Å². The van der Waals surface area contributed by atoms with Gasteiger partial charge in [-0.25, -0.2) is 4.39 Å². The molecule has 0 spiro atoms.